The molecule has 2 aromatic rings. The third kappa shape index (κ3) is 4.86. The maximum absolute atomic E-state index is 13.1. The Morgan fingerprint density at radius 3 is 2.33 bits per heavy atom. The van der Waals surface area contributed by atoms with Gasteiger partial charge in [0.05, 0.1) is 0 Å². The van der Waals surface area contributed by atoms with Crippen LogP contribution in [0.1, 0.15) is 13.3 Å². The zero-order chi connectivity index (χ0) is 17.7. The van der Waals surface area contributed by atoms with Crippen LogP contribution in [-0.2, 0) is 9.59 Å². The summed E-state index contributed by atoms with van der Waals surface area (Å²) in [4.78, 5) is 25.2. The molecule has 0 aliphatic heterocycles. The van der Waals surface area contributed by atoms with Gasteiger partial charge in [0, 0.05) is 41.8 Å². The third-order valence-corrected chi connectivity index (χ3v) is 3.81. The molecule has 126 valence electrons. The lowest BCUT2D eigenvalue weighted by atomic mass is 10.2. The van der Waals surface area contributed by atoms with Crippen molar-refractivity contribution in [1.29, 1.82) is 0 Å². The summed E-state index contributed by atoms with van der Waals surface area (Å²) >= 11 is 3.32. The first kappa shape index (κ1) is 18.1. The van der Waals surface area contributed by atoms with Crippen LogP contribution in [0.5, 0.6) is 0 Å². The molecule has 1 N–H and O–H groups in total. The molecule has 0 fully saturated rings. The lowest BCUT2D eigenvalue weighted by Gasteiger charge is -2.21. The first-order valence-corrected chi connectivity index (χ1v) is 7.94. The Morgan fingerprint density at radius 1 is 1.08 bits per heavy atom. The number of rotatable bonds is 5. The summed E-state index contributed by atoms with van der Waals surface area (Å²) in [6, 6.07) is 10.2. The lowest BCUT2D eigenvalue weighted by molar-refractivity contribution is -0.117. The minimum atomic E-state index is -1.03. The van der Waals surface area contributed by atoms with Crippen LogP contribution >= 0.6 is 15.9 Å². The van der Waals surface area contributed by atoms with Crippen molar-refractivity contribution < 1.29 is 18.4 Å². The Bertz CT molecular complexity index is 751. The maximum Gasteiger partial charge on any atom is 0.226 e. The molecule has 0 atom stereocenters. The van der Waals surface area contributed by atoms with Gasteiger partial charge in [-0.05, 0) is 36.4 Å². The van der Waals surface area contributed by atoms with Gasteiger partial charge in [0.1, 0.15) is 0 Å². The van der Waals surface area contributed by atoms with Gasteiger partial charge in [-0.25, -0.2) is 8.78 Å². The first-order valence-electron chi connectivity index (χ1n) is 7.15. The largest absolute Gasteiger partial charge is 0.326 e. The number of halogens is 3. The molecule has 0 saturated heterocycles. The van der Waals surface area contributed by atoms with Crippen LogP contribution in [0.4, 0.5) is 20.2 Å². The number of amides is 2. The number of nitrogens with zero attached hydrogens (tertiary/aromatic N) is 1. The van der Waals surface area contributed by atoms with E-state index in [4.69, 9.17) is 0 Å². The van der Waals surface area contributed by atoms with E-state index in [2.05, 4.69) is 21.2 Å². The molecule has 0 spiro atoms. The zero-order valence-electron chi connectivity index (χ0n) is 12.9. The quantitative estimate of drug-likeness (QED) is 0.826. The minimum absolute atomic E-state index is 0.0225. The summed E-state index contributed by atoms with van der Waals surface area (Å²) in [6.45, 7) is 1.59. The number of anilines is 2. The van der Waals surface area contributed by atoms with Crippen molar-refractivity contribution in [3.8, 4) is 0 Å². The van der Waals surface area contributed by atoms with Crippen LogP contribution in [0, 0.1) is 11.6 Å². The van der Waals surface area contributed by atoms with E-state index in [9.17, 15) is 18.4 Å². The number of benzene rings is 2. The average molecular weight is 397 g/mol. The van der Waals surface area contributed by atoms with E-state index < -0.39 is 17.5 Å². The molecule has 0 bridgehead atoms. The monoisotopic (exact) mass is 396 g/mol. The van der Waals surface area contributed by atoms with Crippen molar-refractivity contribution in [3.05, 3.63) is 58.6 Å². The Morgan fingerprint density at radius 2 is 1.75 bits per heavy atom. The van der Waals surface area contributed by atoms with Gasteiger partial charge in [-0.2, -0.15) is 0 Å². The van der Waals surface area contributed by atoms with Crippen LogP contribution in [0.2, 0.25) is 0 Å². The number of carbonyl (C=O) groups excluding carboxylic acids is 2. The molecule has 0 aromatic heterocycles. The summed E-state index contributed by atoms with van der Waals surface area (Å²) in [6.07, 6.45) is 0.0225. The number of hydrogen-bond acceptors (Lipinski definition) is 2. The van der Waals surface area contributed by atoms with Gasteiger partial charge in [0.25, 0.3) is 0 Å². The topological polar surface area (TPSA) is 49.4 Å². The van der Waals surface area contributed by atoms with Crippen molar-refractivity contribution in [1.82, 2.24) is 0 Å². The highest BCUT2D eigenvalue weighted by Gasteiger charge is 2.14. The van der Waals surface area contributed by atoms with Crippen molar-refractivity contribution in [3.63, 3.8) is 0 Å². The highest BCUT2D eigenvalue weighted by molar-refractivity contribution is 9.10. The third-order valence-electron chi connectivity index (χ3n) is 3.28. The SMILES string of the molecule is CC(=O)N(CCC(=O)Nc1ccc(F)c(F)c1)c1ccc(Br)cc1. The molecular weight excluding hydrogens is 382 g/mol. The van der Waals surface area contributed by atoms with Crippen LogP contribution in [0.15, 0.2) is 46.9 Å². The average Bonchev–Trinajstić information content (AvgIpc) is 2.52. The molecule has 0 heterocycles. The fourth-order valence-corrected chi connectivity index (χ4v) is 2.36. The summed E-state index contributed by atoms with van der Waals surface area (Å²) in [7, 11) is 0. The van der Waals surface area contributed by atoms with E-state index in [-0.39, 0.29) is 24.6 Å². The van der Waals surface area contributed by atoms with Crippen molar-refractivity contribution in [2.75, 3.05) is 16.8 Å². The second-order valence-corrected chi connectivity index (χ2v) is 5.99. The van der Waals surface area contributed by atoms with Crippen molar-refractivity contribution in [2.45, 2.75) is 13.3 Å². The molecule has 0 saturated carbocycles. The molecule has 24 heavy (non-hydrogen) atoms. The molecule has 0 radical (unpaired) electrons. The smallest absolute Gasteiger partial charge is 0.226 e. The second kappa shape index (κ2) is 8.01. The minimum Gasteiger partial charge on any atom is -0.326 e. The number of nitrogens with one attached hydrogen (secondary N) is 1. The first-order chi connectivity index (χ1) is 11.4. The molecule has 7 heteroatoms. The van der Waals surface area contributed by atoms with Crippen molar-refractivity contribution >= 4 is 39.1 Å². The molecule has 0 unspecified atom stereocenters. The molecule has 0 aliphatic carbocycles. The summed E-state index contributed by atoms with van der Waals surface area (Å²) in [5.74, 6) is -2.61. The van der Waals surface area contributed by atoms with Gasteiger partial charge in [-0.1, -0.05) is 15.9 Å². The normalized spacial score (nSPS) is 10.3. The molecule has 2 rings (SSSR count). The van der Waals surface area contributed by atoms with Crippen molar-refractivity contribution in [2.24, 2.45) is 0 Å². The Hall–Kier alpha value is -2.28. The highest BCUT2D eigenvalue weighted by Crippen LogP contribution is 2.19. The van der Waals surface area contributed by atoms with E-state index in [1.54, 1.807) is 24.3 Å². The van der Waals surface area contributed by atoms with Crippen LogP contribution in [0.3, 0.4) is 0 Å². The van der Waals surface area contributed by atoms with Gasteiger partial charge in [0.15, 0.2) is 11.6 Å². The lowest BCUT2D eigenvalue weighted by Crippen LogP contribution is -2.31. The van der Waals surface area contributed by atoms with Crippen LogP contribution in [0.25, 0.3) is 0 Å². The highest BCUT2D eigenvalue weighted by atomic mass is 79.9. The Kier molecular flexibility index (Phi) is 6.03. The fourth-order valence-electron chi connectivity index (χ4n) is 2.10. The number of hydrogen-bond donors (Lipinski definition) is 1. The molecule has 0 aliphatic rings. The molecule has 2 aromatic carbocycles. The molecule has 4 nitrogen and oxygen atoms in total. The predicted octanol–water partition coefficient (Wildman–Crippen LogP) is 4.11. The molecule has 2 amide bonds. The summed E-state index contributed by atoms with van der Waals surface area (Å²) in [5, 5.41) is 2.47. The van der Waals surface area contributed by atoms with E-state index in [0.717, 1.165) is 16.6 Å². The zero-order valence-corrected chi connectivity index (χ0v) is 14.4. The van der Waals surface area contributed by atoms with Gasteiger partial charge < -0.3 is 10.2 Å². The Labute approximate surface area is 146 Å². The van der Waals surface area contributed by atoms with Crippen LogP contribution < -0.4 is 10.2 Å². The summed E-state index contributed by atoms with van der Waals surface area (Å²) in [5.41, 5.74) is 0.836. The van der Waals surface area contributed by atoms with E-state index in [1.165, 1.54) is 17.9 Å². The fraction of sp³-hybridized carbons (Fsp3) is 0.176. The Balaban J connectivity index is 1.98. The predicted molar refractivity (Wildman–Crippen MR) is 91.8 cm³/mol. The second-order valence-electron chi connectivity index (χ2n) is 5.07. The molecular formula is C17H15BrF2N2O2. The summed E-state index contributed by atoms with van der Waals surface area (Å²) < 4.78 is 26.9. The van der Waals surface area contributed by atoms with Gasteiger partial charge in [-0.15, -0.1) is 0 Å². The van der Waals surface area contributed by atoms with Gasteiger partial charge in [0.2, 0.25) is 11.8 Å². The van der Waals surface area contributed by atoms with Crippen LogP contribution in [-0.4, -0.2) is 18.4 Å². The standard InChI is InChI=1S/C17H15BrF2N2O2/c1-11(23)22(14-5-2-12(18)3-6-14)9-8-17(24)21-13-4-7-15(19)16(20)10-13/h2-7,10H,8-9H2,1H3,(H,21,24). The van der Waals surface area contributed by atoms with Gasteiger partial charge in [-0.3, -0.25) is 9.59 Å². The number of carbonyl (C=O) groups is 2. The van der Waals surface area contributed by atoms with E-state index in [0.29, 0.717) is 5.69 Å². The van der Waals surface area contributed by atoms with E-state index >= 15 is 0 Å². The van der Waals surface area contributed by atoms with Gasteiger partial charge >= 0.3 is 0 Å². The van der Waals surface area contributed by atoms with E-state index in [1.807, 2.05) is 0 Å². The maximum atomic E-state index is 13.1.